The van der Waals surface area contributed by atoms with E-state index >= 15 is 0 Å². The molecule has 1 aliphatic heterocycles. The van der Waals surface area contributed by atoms with E-state index in [4.69, 9.17) is 5.11 Å². The molecule has 1 saturated carbocycles. The van der Waals surface area contributed by atoms with Crippen LogP contribution in [0.4, 0.5) is 16.3 Å². The Balaban J connectivity index is 0.000000316. The highest BCUT2D eigenvalue weighted by molar-refractivity contribution is 5.82. The summed E-state index contributed by atoms with van der Waals surface area (Å²) in [5, 5.41) is 10.9. The van der Waals surface area contributed by atoms with Crippen molar-refractivity contribution < 1.29 is 9.90 Å². The van der Waals surface area contributed by atoms with Crippen LogP contribution in [0.1, 0.15) is 52.4 Å². The molecule has 0 aromatic carbocycles. The number of aromatic nitrogens is 1. The number of pyridine rings is 1. The SMILES string of the molecule is C1CCCCC1.CC(C)N1CCN(c2ccc(NC(=O)O)cn2)CC1. The summed E-state index contributed by atoms with van der Waals surface area (Å²) < 4.78 is 0. The van der Waals surface area contributed by atoms with Gasteiger partial charge in [-0.25, -0.2) is 9.78 Å². The average molecular weight is 348 g/mol. The van der Waals surface area contributed by atoms with Gasteiger partial charge >= 0.3 is 6.09 Å². The predicted octanol–water partition coefficient (Wildman–Crippen LogP) is 4.04. The summed E-state index contributed by atoms with van der Waals surface area (Å²) in [5.41, 5.74) is 0.497. The quantitative estimate of drug-likeness (QED) is 0.863. The molecule has 140 valence electrons. The topological polar surface area (TPSA) is 68.7 Å². The van der Waals surface area contributed by atoms with Crippen LogP contribution in [0, 0.1) is 0 Å². The Morgan fingerprint density at radius 1 is 1.04 bits per heavy atom. The van der Waals surface area contributed by atoms with Crippen molar-refractivity contribution in [2.24, 2.45) is 0 Å². The number of hydrogen-bond acceptors (Lipinski definition) is 4. The van der Waals surface area contributed by atoms with Crippen molar-refractivity contribution in [3.8, 4) is 0 Å². The van der Waals surface area contributed by atoms with Crippen LogP contribution >= 0.6 is 0 Å². The molecule has 1 saturated heterocycles. The zero-order chi connectivity index (χ0) is 18.1. The fourth-order valence-electron chi connectivity index (χ4n) is 3.30. The molecule has 3 rings (SSSR count). The largest absolute Gasteiger partial charge is 0.465 e. The number of anilines is 2. The molecule has 2 heterocycles. The molecular weight excluding hydrogens is 316 g/mol. The summed E-state index contributed by atoms with van der Waals surface area (Å²) >= 11 is 0. The summed E-state index contributed by atoms with van der Waals surface area (Å²) in [6, 6.07) is 4.18. The fraction of sp³-hybridized carbons (Fsp3) is 0.684. The molecule has 6 nitrogen and oxygen atoms in total. The number of amides is 1. The van der Waals surface area contributed by atoms with Crippen molar-refractivity contribution in [1.82, 2.24) is 9.88 Å². The van der Waals surface area contributed by atoms with Crippen molar-refractivity contribution in [2.75, 3.05) is 36.4 Å². The molecule has 2 fully saturated rings. The lowest BCUT2D eigenvalue weighted by atomic mass is 10.0. The van der Waals surface area contributed by atoms with E-state index in [1.165, 1.54) is 38.5 Å². The summed E-state index contributed by atoms with van der Waals surface area (Å²) in [7, 11) is 0. The number of piperazine rings is 1. The number of hydrogen-bond donors (Lipinski definition) is 2. The lowest BCUT2D eigenvalue weighted by Crippen LogP contribution is -2.49. The smallest absolute Gasteiger partial charge is 0.409 e. The van der Waals surface area contributed by atoms with Gasteiger partial charge in [-0.2, -0.15) is 0 Å². The summed E-state index contributed by atoms with van der Waals surface area (Å²) in [6.07, 6.45) is 9.48. The molecular formula is C19H32N4O2. The zero-order valence-corrected chi connectivity index (χ0v) is 15.6. The van der Waals surface area contributed by atoms with Gasteiger partial charge in [-0.3, -0.25) is 10.2 Å². The van der Waals surface area contributed by atoms with Gasteiger partial charge in [-0.05, 0) is 26.0 Å². The number of carboxylic acid groups (broad SMARTS) is 1. The standard InChI is InChI=1S/C13H20N4O2.C6H12/c1-10(2)16-5-7-17(8-6-16)12-4-3-11(9-14-12)15-13(18)19;1-2-4-6-5-3-1/h3-4,9-10,15H,5-8H2,1-2H3,(H,18,19);1-6H2. The third-order valence-corrected chi connectivity index (χ3v) is 4.87. The van der Waals surface area contributed by atoms with E-state index in [9.17, 15) is 4.79 Å². The molecule has 0 radical (unpaired) electrons. The van der Waals surface area contributed by atoms with Gasteiger partial charge in [0.05, 0.1) is 11.9 Å². The second-order valence-corrected chi connectivity index (χ2v) is 7.07. The normalized spacial score (nSPS) is 18.4. The first-order valence-corrected chi connectivity index (χ1v) is 9.51. The van der Waals surface area contributed by atoms with E-state index in [0.717, 1.165) is 32.0 Å². The van der Waals surface area contributed by atoms with E-state index in [-0.39, 0.29) is 0 Å². The third-order valence-electron chi connectivity index (χ3n) is 4.87. The van der Waals surface area contributed by atoms with Gasteiger partial charge in [-0.1, -0.05) is 38.5 Å². The molecule has 2 aliphatic rings. The molecule has 25 heavy (non-hydrogen) atoms. The molecule has 0 unspecified atom stereocenters. The summed E-state index contributed by atoms with van der Waals surface area (Å²) in [5.74, 6) is 0.902. The highest BCUT2D eigenvalue weighted by Crippen LogP contribution is 2.17. The second-order valence-electron chi connectivity index (χ2n) is 7.07. The molecule has 6 heteroatoms. The molecule has 1 amide bonds. The minimum absolute atomic E-state index is 0.497. The maximum atomic E-state index is 10.5. The Hall–Kier alpha value is -1.82. The minimum atomic E-state index is -1.07. The van der Waals surface area contributed by atoms with Crippen molar-refractivity contribution in [3.63, 3.8) is 0 Å². The van der Waals surface area contributed by atoms with E-state index in [1.54, 1.807) is 12.3 Å². The number of nitrogens with zero attached hydrogens (tertiary/aromatic N) is 3. The summed E-state index contributed by atoms with van der Waals surface area (Å²) in [6.45, 7) is 8.40. The van der Waals surface area contributed by atoms with Gasteiger partial charge in [0.25, 0.3) is 0 Å². The van der Waals surface area contributed by atoms with Gasteiger partial charge < -0.3 is 10.0 Å². The van der Waals surface area contributed by atoms with Crippen LogP contribution in [-0.4, -0.2) is 53.3 Å². The van der Waals surface area contributed by atoms with Gasteiger partial charge in [-0.15, -0.1) is 0 Å². The van der Waals surface area contributed by atoms with Crippen LogP contribution in [0.15, 0.2) is 18.3 Å². The van der Waals surface area contributed by atoms with E-state index in [0.29, 0.717) is 11.7 Å². The maximum absolute atomic E-state index is 10.5. The van der Waals surface area contributed by atoms with Crippen LogP contribution in [0.5, 0.6) is 0 Å². The zero-order valence-electron chi connectivity index (χ0n) is 15.6. The monoisotopic (exact) mass is 348 g/mol. The van der Waals surface area contributed by atoms with Crippen LogP contribution < -0.4 is 10.2 Å². The van der Waals surface area contributed by atoms with Gasteiger partial charge in [0, 0.05) is 32.2 Å². The van der Waals surface area contributed by atoms with Crippen LogP contribution in [0.3, 0.4) is 0 Å². The molecule has 1 aromatic rings. The maximum Gasteiger partial charge on any atom is 0.409 e. The molecule has 0 atom stereocenters. The van der Waals surface area contributed by atoms with E-state index in [1.807, 2.05) is 6.07 Å². The first kappa shape index (κ1) is 19.5. The third kappa shape index (κ3) is 6.90. The number of rotatable bonds is 3. The first-order valence-electron chi connectivity index (χ1n) is 9.51. The highest BCUT2D eigenvalue weighted by atomic mass is 16.4. The van der Waals surface area contributed by atoms with Gasteiger partial charge in [0.15, 0.2) is 0 Å². The fourth-order valence-corrected chi connectivity index (χ4v) is 3.30. The lowest BCUT2D eigenvalue weighted by molar-refractivity contribution is 0.209. The second kappa shape index (κ2) is 10.2. The molecule has 0 bridgehead atoms. The number of carbonyl (C=O) groups is 1. The minimum Gasteiger partial charge on any atom is -0.465 e. The molecule has 1 aromatic heterocycles. The predicted molar refractivity (Wildman–Crippen MR) is 103 cm³/mol. The molecule has 1 aliphatic carbocycles. The highest BCUT2D eigenvalue weighted by Gasteiger charge is 2.19. The Morgan fingerprint density at radius 3 is 2.00 bits per heavy atom. The first-order chi connectivity index (χ1) is 12.1. The lowest BCUT2D eigenvalue weighted by Gasteiger charge is -2.37. The van der Waals surface area contributed by atoms with Gasteiger partial charge in [0.1, 0.15) is 5.82 Å². The van der Waals surface area contributed by atoms with E-state index < -0.39 is 6.09 Å². The summed E-state index contributed by atoms with van der Waals surface area (Å²) in [4.78, 5) is 19.5. The Morgan fingerprint density at radius 2 is 1.60 bits per heavy atom. The Kier molecular flexibility index (Phi) is 7.98. The number of nitrogens with one attached hydrogen (secondary N) is 1. The van der Waals surface area contributed by atoms with Crippen molar-refractivity contribution in [2.45, 2.75) is 58.4 Å². The van der Waals surface area contributed by atoms with Crippen molar-refractivity contribution >= 4 is 17.6 Å². The van der Waals surface area contributed by atoms with Crippen LogP contribution in [-0.2, 0) is 0 Å². The molecule has 0 spiro atoms. The van der Waals surface area contributed by atoms with Crippen LogP contribution in [0.25, 0.3) is 0 Å². The Bertz CT molecular complexity index is 495. The van der Waals surface area contributed by atoms with Crippen molar-refractivity contribution in [1.29, 1.82) is 0 Å². The van der Waals surface area contributed by atoms with Gasteiger partial charge in [0.2, 0.25) is 0 Å². The Labute approximate surface area is 151 Å². The average Bonchev–Trinajstić information content (AvgIpc) is 2.64. The van der Waals surface area contributed by atoms with E-state index in [2.05, 4.69) is 33.9 Å². The van der Waals surface area contributed by atoms with Crippen molar-refractivity contribution in [3.05, 3.63) is 18.3 Å². The van der Waals surface area contributed by atoms with Crippen LogP contribution in [0.2, 0.25) is 0 Å². The molecule has 2 N–H and O–H groups in total.